The van der Waals surface area contributed by atoms with Gasteiger partial charge in [0.25, 0.3) is 5.91 Å². The Hall–Kier alpha value is -2.64. The van der Waals surface area contributed by atoms with Gasteiger partial charge in [-0.15, -0.1) is 0 Å². The van der Waals surface area contributed by atoms with Gasteiger partial charge in [0.15, 0.2) is 0 Å². The zero-order valence-electron chi connectivity index (χ0n) is 17.9. The fourth-order valence-corrected chi connectivity index (χ4v) is 3.61. The Labute approximate surface area is 178 Å². The van der Waals surface area contributed by atoms with Crippen molar-refractivity contribution in [2.45, 2.75) is 6.42 Å². The summed E-state index contributed by atoms with van der Waals surface area (Å²) >= 11 is 0. The Bertz CT molecular complexity index is 832. The fraction of sp³-hybridized carbons (Fsp3) is 0.435. The standard InChI is InChI=1S/C23H32FN5O/c1-27(2)11-12-28-13-15-29(16-14-28)22-8-5-19(17-21(22)25)23(30)26-10-9-18-3-6-20(24)7-4-18/h3-8,17H,9-16,25H2,1-2H3,(H,26,30). The molecular weight excluding hydrogens is 381 g/mol. The number of hydrogen-bond acceptors (Lipinski definition) is 5. The Morgan fingerprint density at radius 2 is 1.80 bits per heavy atom. The molecule has 1 amide bonds. The molecule has 0 spiro atoms. The number of nitrogen functional groups attached to an aromatic ring is 1. The van der Waals surface area contributed by atoms with E-state index in [4.69, 9.17) is 5.73 Å². The summed E-state index contributed by atoms with van der Waals surface area (Å²) in [5, 5.41) is 2.90. The molecule has 3 N–H and O–H groups in total. The van der Waals surface area contributed by atoms with Crippen molar-refractivity contribution in [1.82, 2.24) is 15.1 Å². The van der Waals surface area contributed by atoms with E-state index in [1.165, 1.54) is 12.1 Å². The average Bonchev–Trinajstić information content (AvgIpc) is 2.74. The SMILES string of the molecule is CN(C)CCN1CCN(c2ccc(C(=O)NCCc3ccc(F)cc3)cc2N)CC1. The molecule has 0 saturated carbocycles. The molecule has 0 radical (unpaired) electrons. The van der Waals surface area contributed by atoms with Crippen LogP contribution in [0.1, 0.15) is 15.9 Å². The van der Waals surface area contributed by atoms with E-state index in [-0.39, 0.29) is 11.7 Å². The van der Waals surface area contributed by atoms with Crippen molar-refractivity contribution in [2.75, 3.05) is 70.5 Å². The van der Waals surface area contributed by atoms with Gasteiger partial charge in [0.2, 0.25) is 0 Å². The van der Waals surface area contributed by atoms with E-state index in [1.54, 1.807) is 18.2 Å². The van der Waals surface area contributed by atoms with Crippen LogP contribution in [0.25, 0.3) is 0 Å². The normalized spacial score (nSPS) is 14.9. The smallest absolute Gasteiger partial charge is 0.251 e. The zero-order chi connectivity index (χ0) is 21.5. The second kappa shape index (κ2) is 10.4. The highest BCUT2D eigenvalue weighted by atomic mass is 19.1. The largest absolute Gasteiger partial charge is 0.397 e. The van der Waals surface area contributed by atoms with Crippen LogP contribution < -0.4 is 16.0 Å². The van der Waals surface area contributed by atoms with Crippen LogP contribution in [-0.4, -0.2) is 75.6 Å². The van der Waals surface area contributed by atoms with Crippen LogP contribution in [-0.2, 0) is 6.42 Å². The van der Waals surface area contributed by atoms with Crippen LogP contribution in [0, 0.1) is 5.82 Å². The van der Waals surface area contributed by atoms with Gasteiger partial charge < -0.3 is 20.9 Å². The van der Waals surface area contributed by atoms with Crippen molar-refractivity contribution < 1.29 is 9.18 Å². The maximum atomic E-state index is 13.0. The first kappa shape index (κ1) is 22.1. The number of likely N-dealkylation sites (N-methyl/N-ethyl adjacent to an activating group) is 1. The minimum atomic E-state index is -0.256. The highest BCUT2D eigenvalue weighted by Crippen LogP contribution is 2.25. The third kappa shape index (κ3) is 6.18. The van der Waals surface area contributed by atoms with Crippen LogP contribution in [0.3, 0.4) is 0 Å². The van der Waals surface area contributed by atoms with E-state index < -0.39 is 0 Å². The first-order valence-electron chi connectivity index (χ1n) is 10.5. The van der Waals surface area contributed by atoms with Crippen LogP contribution in [0.5, 0.6) is 0 Å². The van der Waals surface area contributed by atoms with Crippen LogP contribution >= 0.6 is 0 Å². The molecule has 7 heteroatoms. The molecule has 0 aromatic heterocycles. The van der Waals surface area contributed by atoms with Crippen molar-refractivity contribution in [3.8, 4) is 0 Å². The lowest BCUT2D eigenvalue weighted by Crippen LogP contribution is -2.48. The molecule has 0 aliphatic carbocycles. The van der Waals surface area contributed by atoms with E-state index >= 15 is 0 Å². The van der Waals surface area contributed by atoms with Crippen LogP contribution in [0.2, 0.25) is 0 Å². The summed E-state index contributed by atoms with van der Waals surface area (Å²) in [5.74, 6) is -0.405. The Morgan fingerprint density at radius 1 is 1.10 bits per heavy atom. The number of nitrogens with two attached hydrogens (primary N) is 1. The molecule has 2 aromatic rings. The maximum absolute atomic E-state index is 13.0. The van der Waals surface area contributed by atoms with Crippen molar-refractivity contribution >= 4 is 17.3 Å². The molecule has 6 nitrogen and oxygen atoms in total. The number of amides is 1. The van der Waals surface area contributed by atoms with Gasteiger partial charge in [0.05, 0.1) is 11.4 Å². The van der Waals surface area contributed by atoms with Gasteiger partial charge in [0, 0.05) is 51.4 Å². The third-order valence-electron chi connectivity index (χ3n) is 5.48. The number of hydrogen-bond donors (Lipinski definition) is 2. The average molecular weight is 414 g/mol. The first-order valence-corrected chi connectivity index (χ1v) is 10.5. The number of rotatable bonds is 8. The summed E-state index contributed by atoms with van der Waals surface area (Å²) in [6.45, 7) is 6.51. The molecule has 1 fully saturated rings. The molecule has 162 valence electrons. The van der Waals surface area contributed by atoms with E-state index in [2.05, 4.69) is 34.1 Å². The number of halogens is 1. The summed E-state index contributed by atoms with van der Waals surface area (Å²) < 4.78 is 13.0. The highest BCUT2D eigenvalue weighted by molar-refractivity contribution is 5.96. The Kier molecular flexibility index (Phi) is 7.65. The molecule has 1 saturated heterocycles. The van der Waals surface area contributed by atoms with Crippen molar-refractivity contribution in [3.63, 3.8) is 0 Å². The minimum absolute atomic E-state index is 0.149. The predicted octanol–water partition coefficient (Wildman–Crippen LogP) is 2.06. The summed E-state index contributed by atoms with van der Waals surface area (Å²) in [4.78, 5) is 19.4. The van der Waals surface area contributed by atoms with E-state index in [0.717, 1.165) is 50.5 Å². The number of anilines is 2. The second-order valence-corrected chi connectivity index (χ2v) is 8.04. The number of benzene rings is 2. The lowest BCUT2D eigenvalue weighted by Gasteiger charge is -2.37. The quantitative estimate of drug-likeness (QED) is 0.649. The molecule has 1 aliphatic heterocycles. The summed E-state index contributed by atoms with van der Waals surface area (Å²) in [6.07, 6.45) is 0.650. The number of carbonyl (C=O) groups excluding carboxylic acids is 1. The number of nitrogens with one attached hydrogen (secondary N) is 1. The molecule has 1 heterocycles. The minimum Gasteiger partial charge on any atom is -0.397 e. The topological polar surface area (TPSA) is 64.8 Å². The van der Waals surface area contributed by atoms with Gasteiger partial charge in [-0.2, -0.15) is 0 Å². The van der Waals surface area contributed by atoms with E-state index in [9.17, 15) is 9.18 Å². The molecule has 0 bridgehead atoms. The Morgan fingerprint density at radius 3 is 2.43 bits per heavy atom. The van der Waals surface area contributed by atoms with E-state index in [0.29, 0.717) is 24.2 Å². The van der Waals surface area contributed by atoms with Crippen LogP contribution in [0.4, 0.5) is 15.8 Å². The van der Waals surface area contributed by atoms with Gasteiger partial charge in [-0.05, 0) is 56.4 Å². The van der Waals surface area contributed by atoms with Gasteiger partial charge in [-0.3, -0.25) is 9.69 Å². The molecular formula is C23H32FN5O. The Balaban J connectivity index is 1.49. The van der Waals surface area contributed by atoms with Gasteiger partial charge >= 0.3 is 0 Å². The predicted molar refractivity (Wildman–Crippen MR) is 120 cm³/mol. The van der Waals surface area contributed by atoms with Gasteiger partial charge in [0.1, 0.15) is 5.82 Å². The van der Waals surface area contributed by atoms with Crippen molar-refractivity contribution in [3.05, 3.63) is 59.4 Å². The molecule has 30 heavy (non-hydrogen) atoms. The second-order valence-electron chi connectivity index (χ2n) is 8.04. The summed E-state index contributed by atoms with van der Waals surface area (Å²) in [7, 11) is 4.19. The number of nitrogens with zero attached hydrogens (tertiary/aromatic N) is 3. The first-order chi connectivity index (χ1) is 14.4. The van der Waals surface area contributed by atoms with Crippen molar-refractivity contribution in [1.29, 1.82) is 0 Å². The third-order valence-corrected chi connectivity index (χ3v) is 5.48. The number of piperazine rings is 1. The lowest BCUT2D eigenvalue weighted by molar-refractivity contribution is 0.0954. The van der Waals surface area contributed by atoms with Gasteiger partial charge in [-0.1, -0.05) is 12.1 Å². The molecule has 0 atom stereocenters. The summed E-state index contributed by atoms with van der Waals surface area (Å²) in [5.41, 5.74) is 9.44. The van der Waals surface area contributed by atoms with Crippen LogP contribution in [0.15, 0.2) is 42.5 Å². The monoisotopic (exact) mass is 413 g/mol. The summed E-state index contributed by atoms with van der Waals surface area (Å²) in [6, 6.07) is 11.8. The molecule has 0 unspecified atom stereocenters. The molecule has 2 aromatic carbocycles. The van der Waals surface area contributed by atoms with Crippen molar-refractivity contribution in [2.24, 2.45) is 0 Å². The molecule has 3 rings (SSSR count). The maximum Gasteiger partial charge on any atom is 0.251 e. The zero-order valence-corrected chi connectivity index (χ0v) is 17.9. The highest BCUT2D eigenvalue weighted by Gasteiger charge is 2.19. The van der Waals surface area contributed by atoms with E-state index in [1.807, 2.05) is 12.1 Å². The number of carbonyl (C=O) groups is 1. The van der Waals surface area contributed by atoms with Gasteiger partial charge in [-0.25, -0.2) is 4.39 Å². The molecule has 1 aliphatic rings. The fourth-order valence-electron chi connectivity index (χ4n) is 3.61. The lowest BCUT2D eigenvalue weighted by atomic mass is 10.1.